The number of nitro groups is 1. The molecule has 1 unspecified atom stereocenters. The highest BCUT2D eigenvalue weighted by Gasteiger charge is 2.18. The van der Waals surface area contributed by atoms with Gasteiger partial charge >= 0.3 is 5.97 Å². The van der Waals surface area contributed by atoms with Gasteiger partial charge in [0.2, 0.25) is 0 Å². The van der Waals surface area contributed by atoms with Crippen LogP contribution in [0.1, 0.15) is 25.8 Å². The molecule has 0 bridgehead atoms. The van der Waals surface area contributed by atoms with Crippen molar-refractivity contribution in [1.29, 1.82) is 0 Å². The maximum atomic E-state index is 11.2. The van der Waals surface area contributed by atoms with Crippen molar-refractivity contribution in [1.82, 2.24) is 0 Å². The molecule has 0 amide bonds. The van der Waals surface area contributed by atoms with E-state index in [0.717, 1.165) is 0 Å². The Morgan fingerprint density at radius 1 is 1.48 bits per heavy atom. The Bertz CT molecular complexity index is 584. The molecule has 0 radical (unpaired) electrons. The number of hydrogen-bond acceptors (Lipinski definition) is 6. The molecule has 0 saturated heterocycles. The fourth-order valence-corrected chi connectivity index (χ4v) is 2.13. The first kappa shape index (κ1) is 18.6. The van der Waals surface area contributed by atoms with E-state index in [-0.39, 0.29) is 18.3 Å². The predicted octanol–water partition coefficient (Wildman–Crippen LogP) is 2.60. The van der Waals surface area contributed by atoms with Crippen LogP contribution in [0.2, 0.25) is 0 Å². The molecule has 0 spiro atoms. The number of nitrogens with one attached hydrogen (secondary N) is 1. The largest absolute Gasteiger partial charge is 0.466 e. The summed E-state index contributed by atoms with van der Waals surface area (Å²) < 4.78 is 4.48. The first-order chi connectivity index (χ1) is 10.9. The minimum absolute atomic E-state index is 0.112. The number of benzene rings is 1. The van der Waals surface area contributed by atoms with Crippen molar-refractivity contribution in [3.8, 4) is 0 Å². The van der Waals surface area contributed by atoms with Gasteiger partial charge in [-0.2, -0.15) is 0 Å². The van der Waals surface area contributed by atoms with Gasteiger partial charge in [-0.3, -0.25) is 10.1 Å². The Balaban J connectivity index is 3.02. The number of aliphatic hydroxyl groups excluding tert-OH is 1. The SMILES string of the molecule is COC(=O)C=Cc1ccc(NC(CO)CC(C)C)c([N+](=O)[O-])c1. The third-order valence-electron chi connectivity index (χ3n) is 3.17. The van der Waals surface area contributed by atoms with Crippen LogP contribution in [0.5, 0.6) is 0 Å². The van der Waals surface area contributed by atoms with Crippen molar-refractivity contribution in [3.05, 3.63) is 40.0 Å². The number of anilines is 1. The van der Waals surface area contributed by atoms with Gasteiger partial charge in [0.1, 0.15) is 5.69 Å². The highest BCUT2D eigenvalue weighted by molar-refractivity contribution is 5.87. The summed E-state index contributed by atoms with van der Waals surface area (Å²) in [4.78, 5) is 21.8. The average Bonchev–Trinajstić information content (AvgIpc) is 2.51. The summed E-state index contributed by atoms with van der Waals surface area (Å²) in [5, 5.41) is 23.7. The van der Waals surface area contributed by atoms with Crippen molar-refractivity contribution in [2.45, 2.75) is 26.3 Å². The molecule has 1 aromatic carbocycles. The van der Waals surface area contributed by atoms with E-state index in [1.165, 1.54) is 25.3 Å². The van der Waals surface area contributed by atoms with E-state index in [2.05, 4.69) is 10.1 Å². The van der Waals surface area contributed by atoms with Crippen LogP contribution in [0.4, 0.5) is 11.4 Å². The lowest BCUT2D eigenvalue weighted by molar-refractivity contribution is -0.384. The summed E-state index contributed by atoms with van der Waals surface area (Å²) in [6.45, 7) is 3.91. The Hall–Kier alpha value is -2.41. The fraction of sp³-hybridized carbons (Fsp3) is 0.438. The Morgan fingerprint density at radius 3 is 2.70 bits per heavy atom. The molecule has 0 aromatic heterocycles. The number of ether oxygens (including phenoxy) is 1. The zero-order valence-corrected chi connectivity index (χ0v) is 13.5. The minimum atomic E-state index is -0.535. The molecule has 1 aromatic rings. The number of carbonyl (C=O) groups is 1. The van der Waals surface area contributed by atoms with Crippen LogP contribution >= 0.6 is 0 Å². The zero-order chi connectivity index (χ0) is 17.4. The van der Waals surface area contributed by atoms with E-state index in [1.54, 1.807) is 12.1 Å². The van der Waals surface area contributed by atoms with Gasteiger partial charge in [0.15, 0.2) is 0 Å². The van der Waals surface area contributed by atoms with Gasteiger partial charge in [0.05, 0.1) is 18.6 Å². The Morgan fingerprint density at radius 2 is 2.17 bits per heavy atom. The van der Waals surface area contributed by atoms with Gasteiger partial charge in [-0.05, 0) is 30.0 Å². The van der Waals surface area contributed by atoms with E-state index in [4.69, 9.17) is 0 Å². The molecule has 23 heavy (non-hydrogen) atoms. The van der Waals surface area contributed by atoms with E-state index in [0.29, 0.717) is 23.6 Å². The van der Waals surface area contributed by atoms with Crippen LogP contribution < -0.4 is 5.32 Å². The first-order valence-electron chi connectivity index (χ1n) is 7.29. The highest BCUT2D eigenvalue weighted by Crippen LogP contribution is 2.27. The quantitative estimate of drug-likeness (QED) is 0.330. The summed E-state index contributed by atoms with van der Waals surface area (Å²) in [6.07, 6.45) is 3.33. The number of nitrogens with zero attached hydrogens (tertiary/aromatic N) is 1. The van der Waals surface area contributed by atoms with Gasteiger partial charge in [-0.1, -0.05) is 19.9 Å². The fourth-order valence-electron chi connectivity index (χ4n) is 2.13. The number of nitro benzene ring substituents is 1. The van der Waals surface area contributed by atoms with E-state index < -0.39 is 10.9 Å². The molecule has 0 aliphatic carbocycles. The topological polar surface area (TPSA) is 102 Å². The van der Waals surface area contributed by atoms with Gasteiger partial charge in [-0.25, -0.2) is 4.79 Å². The van der Waals surface area contributed by atoms with Gasteiger partial charge in [0, 0.05) is 18.2 Å². The van der Waals surface area contributed by atoms with Crippen molar-refractivity contribution in [2.24, 2.45) is 5.92 Å². The molecule has 0 aliphatic heterocycles. The molecule has 1 rings (SSSR count). The van der Waals surface area contributed by atoms with Crippen LogP contribution in [0.25, 0.3) is 6.08 Å². The van der Waals surface area contributed by atoms with E-state index in [1.807, 2.05) is 13.8 Å². The second-order valence-corrected chi connectivity index (χ2v) is 5.54. The zero-order valence-electron chi connectivity index (χ0n) is 13.5. The van der Waals surface area contributed by atoms with Gasteiger partial charge in [0.25, 0.3) is 5.69 Å². The van der Waals surface area contributed by atoms with Crippen LogP contribution in [0, 0.1) is 16.0 Å². The number of esters is 1. The molecule has 0 aliphatic rings. The van der Waals surface area contributed by atoms with Gasteiger partial charge < -0.3 is 15.2 Å². The minimum Gasteiger partial charge on any atom is -0.466 e. The lowest BCUT2D eigenvalue weighted by atomic mass is 10.0. The molecule has 0 fully saturated rings. The summed E-state index contributed by atoms with van der Waals surface area (Å²) in [5.74, 6) is -0.187. The molecule has 126 valence electrons. The number of methoxy groups -OCH3 is 1. The van der Waals surface area contributed by atoms with Crippen LogP contribution in [-0.2, 0) is 9.53 Å². The number of rotatable bonds is 8. The molecule has 0 heterocycles. The number of aliphatic hydroxyl groups is 1. The summed E-state index contributed by atoms with van der Waals surface area (Å²) in [5.41, 5.74) is 0.737. The molecule has 2 N–H and O–H groups in total. The predicted molar refractivity (Wildman–Crippen MR) is 88.1 cm³/mol. The van der Waals surface area contributed by atoms with E-state index in [9.17, 15) is 20.0 Å². The number of hydrogen-bond donors (Lipinski definition) is 2. The van der Waals surface area contributed by atoms with Crippen LogP contribution in [0.3, 0.4) is 0 Å². The molecule has 1 atom stereocenters. The second kappa shape index (κ2) is 8.89. The first-order valence-corrected chi connectivity index (χ1v) is 7.29. The summed E-state index contributed by atoms with van der Waals surface area (Å²) >= 11 is 0. The molecular weight excluding hydrogens is 300 g/mol. The third-order valence-corrected chi connectivity index (χ3v) is 3.17. The standard InChI is InChI=1S/C16H22N2O5/c1-11(2)8-13(10-19)17-14-6-4-12(5-7-16(20)23-3)9-15(14)18(21)22/h4-7,9,11,13,17,19H,8,10H2,1-3H3. The smallest absolute Gasteiger partial charge is 0.330 e. The normalized spacial score (nSPS) is 12.4. The summed E-state index contributed by atoms with van der Waals surface area (Å²) in [7, 11) is 1.26. The molecule has 7 nitrogen and oxygen atoms in total. The lowest BCUT2D eigenvalue weighted by Crippen LogP contribution is -2.26. The van der Waals surface area contributed by atoms with Crippen molar-refractivity contribution < 1.29 is 19.6 Å². The van der Waals surface area contributed by atoms with Crippen molar-refractivity contribution in [2.75, 3.05) is 19.0 Å². The molecule has 0 saturated carbocycles. The maximum absolute atomic E-state index is 11.2. The molecular formula is C16H22N2O5. The van der Waals surface area contributed by atoms with Crippen molar-refractivity contribution in [3.63, 3.8) is 0 Å². The van der Waals surface area contributed by atoms with Gasteiger partial charge in [-0.15, -0.1) is 0 Å². The third kappa shape index (κ3) is 6.07. The second-order valence-electron chi connectivity index (χ2n) is 5.54. The maximum Gasteiger partial charge on any atom is 0.330 e. The number of carbonyl (C=O) groups excluding carboxylic acids is 1. The van der Waals surface area contributed by atoms with Crippen LogP contribution in [0.15, 0.2) is 24.3 Å². The monoisotopic (exact) mass is 322 g/mol. The average molecular weight is 322 g/mol. The summed E-state index contributed by atoms with van der Waals surface area (Å²) in [6, 6.07) is 4.33. The Kier molecular flexibility index (Phi) is 7.21. The van der Waals surface area contributed by atoms with Crippen molar-refractivity contribution >= 4 is 23.4 Å². The lowest BCUT2D eigenvalue weighted by Gasteiger charge is -2.19. The Labute approximate surface area is 135 Å². The molecule has 7 heteroatoms. The van der Waals surface area contributed by atoms with Crippen LogP contribution in [-0.4, -0.2) is 35.8 Å². The highest BCUT2D eigenvalue weighted by atomic mass is 16.6. The van der Waals surface area contributed by atoms with E-state index >= 15 is 0 Å².